The van der Waals surface area contributed by atoms with E-state index in [2.05, 4.69) is 10.6 Å². The van der Waals surface area contributed by atoms with Crippen LogP contribution in [-0.2, 0) is 20.8 Å². The molecule has 1 fully saturated rings. The number of urea groups is 1. The summed E-state index contributed by atoms with van der Waals surface area (Å²) in [5, 5.41) is 14.7. The van der Waals surface area contributed by atoms with Gasteiger partial charge in [0.1, 0.15) is 6.04 Å². The summed E-state index contributed by atoms with van der Waals surface area (Å²) in [4.78, 5) is 53.2. The number of carbonyl (C=O) groups is 4. The number of hydrogen-bond acceptors (Lipinski definition) is 4. The van der Waals surface area contributed by atoms with Crippen molar-refractivity contribution in [3.05, 3.63) is 59.7 Å². The maximum absolute atomic E-state index is 13.2. The summed E-state index contributed by atoms with van der Waals surface area (Å²) in [5.41, 5.74) is 3.05. The maximum Gasteiger partial charge on any atom is 0.323 e. The van der Waals surface area contributed by atoms with Gasteiger partial charge in [-0.15, -0.1) is 0 Å². The van der Waals surface area contributed by atoms with E-state index >= 15 is 0 Å². The van der Waals surface area contributed by atoms with E-state index < -0.39 is 18.1 Å². The number of piperazine rings is 1. The number of nitrogens with one attached hydrogen (secondary N) is 2. The number of hydrogen-bond donors (Lipinski definition) is 3. The molecule has 9 heteroatoms. The molecule has 0 aromatic heterocycles. The summed E-state index contributed by atoms with van der Waals surface area (Å²) in [7, 11) is 0. The van der Waals surface area contributed by atoms with Gasteiger partial charge in [-0.3, -0.25) is 14.4 Å². The third-order valence-electron chi connectivity index (χ3n) is 6.50. The highest BCUT2D eigenvalue weighted by Gasteiger charge is 2.39. The first-order chi connectivity index (χ1) is 17.5. The lowest BCUT2D eigenvalue weighted by Crippen LogP contribution is -2.61. The highest BCUT2D eigenvalue weighted by atomic mass is 16.4. The molecule has 37 heavy (non-hydrogen) atoms. The average molecular weight is 509 g/mol. The smallest absolute Gasteiger partial charge is 0.323 e. The van der Waals surface area contributed by atoms with E-state index in [-0.39, 0.29) is 36.6 Å². The van der Waals surface area contributed by atoms with Crippen LogP contribution in [-0.4, -0.2) is 63.9 Å². The van der Waals surface area contributed by atoms with Crippen LogP contribution in [0.25, 0.3) is 0 Å². The van der Waals surface area contributed by atoms with Gasteiger partial charge in [-0.25, -0.2) is 4.79 Å². The fourth-order valence-electron chi connectivity index (χ4n) is 4.56. The van der Waals surface area contributed by atoms with Gasteiger partial charge in [0, 0.05) is 30.5 Å². The second-order valence-corrected chi connectivity index (χ2v) is 9.98. The number of nitrogens with zero attached hydrogens (tertiary/aromatic N) is 2. The highest BCUT2D eigenvalue weighted by Crippen LogP contribution is 2.23. The number of aryl methyl sites for hydroxylation is 1. The largest absolute Gasteiger partial charge is 0.481 e. The molecule has 2 aromatic rings. The summed E-state index contributed by atoms with van der Waals surface area (Å²) in [6, 6.07) is 13.1. The molecular formula is C28H36N4O5. The number of anilines is 2. The van der Waals surface area contributed by atoms with E-state index in [1.807, 2.05) is 45.0 Å². The standard InChI is InChI=1S/C28H36N4O5/c1-18(2)15-24-27(36)31(20(4)16-26(34)35)13-14-32(24)25(33)17-21-9-11-22(12-10-21)29-28(37)30-23-8-6-5-7-19(23)3/h5-12,18,20,24H,13-17H2,1-4H3,(H,34,35)(H2,29,30,37)/t20?,24-/m0/s1. The number of carbonyl (C=O) groups excluding carboxylic acids is 3. The molecule has 1 saturated heterocycles. The van der Waals surface area contributed by atoms with Gasteiger partial charge in [-0.05, 0) is 55.5 Å². The Morgan fingerprint density at radius 3 is 2.30 bits per heavy atom. The number of benzene rings is 2. The van der Waals surface area contributed by atoms with Crippen molar-refractivity contribution < 1.29 is 24.3 Å². The lowest BCUT2D eigenvalue weighted by atomic mass is 9.97. The summed E-state index contributed by atoms with van der Waals surface area (Å²) in [6.45, 7) is 8.31. The van der Waals surface area contributed by atoms with Crippen molar-refractivity contribution >= 4 is 35.2 Å². The zero-order valence-corrected chi connectivity index (χ0v) is 21.9. The van der Waals surface area contributed by atoms with Crippen molar-refractivity contribution in [2.24, 2.45) is 5.92 Å². The Morgan fingerprint density at radius 2 is 1.68 bits per heavy atom. The average Bonchev–Trinajstić information content (AvgIpc) is 2.82. The molecule has 0 aliphatic carbocycles. The Hall–Kier alpha value is -3.88. The van der Waals surface area contributed by atoms with Crippen LogP contribution < -0.4 is 10.6 Å². The highest BCUT2D eigenvalue weighted by molar-refractivity contribution is 6.00. The minimum absolute atomic E-state index is 0.127. The predicted molar refractivity (Wildman–Crippen MR) is 142 cm³/mol. The van der Waals surface area contributed by atoms with Crippen LogP contribution in [0.3, 0.4) is 0 Å². The molecule has 2 atom stereocenters. The Kier molecular flexibility index (Phi) is 9.27. The summed E-state index contributed by atoms with van der Waals surface area (Å²) in [5.74, 6) is -1.11. The van der Waals surface area contributed by atoms with Crippen LogP contribution in [0.4, 0.5) is 16.2 Å². The van der Waals surface area contributed by atoms with E-state index in [0.717, 1.165) is 16.8 Å². The molecule has 9 nitrogen and oxygen atoms in total. The molecule has 1 unspecified atom stereocenters. The zero-order chi connectivity index (χ0) is 27.1. The van der Waals surface area contributed by atoms with E-state index in [0.29, 0.717) is 25.2 Å². The Bertz CT molecular complexity index is 1130. The second-order valence-electron chi connectivity index (χ2n) is 9.98. The van der Waals surface area contributed by atoms with Crippen LogP contribution >= 0.6 is 0 Å². The molecule has 0 radical (unpaired) electrons. The number of amides is 4. The van der Waals surface area contributed by atoms with Gasteiger partial charge in [0.05, 0.1) is 12.8 Å². The van der Waals surface area contributed by atoms with Crippen molar-refractivity contribution in [2.75, 3.05) is 23.7 Å². The molecule has 4 amide bonds. The molecule has 198 valence electrons. The van der Waals surface area contributed by atoms with E-state index in [4.69, 9.17) is 5.11 Å². The lowest BCUT2D eigenvalue weighted by Gasteiger charge is -2.43. The molecular weight excluding hydrogens is 472 g/mol. The summed E-state index contributed by atoms with van der Waals surface area (Å²) in [6.07, 6.45) is 0.513. The molecule has 1 aliphatic rings. The fraction of sp³-hybridized carbons (Fsp3) is 0.429. The van der Waals surface area contributed by atoms with Crippen molar-refractivity contribution in [1.82, 2.24) is 9.80 Å². The van der Waals surface area contributed by atoms with Gasteiger partial charge in [-0.2, -0.15) is 0 Å². The van der Waals surface area contributed by atoms with Gasteiger partial charge in [0.15, 0.2) is 0 Å². The first-order valence-corrected chi connectivity index (χ1v) is 12.6. The van der Waals surface area contributed by atoms with Gasteiger partial charge in [0.25, 0.3) is 0 Å². The van der Waals surface area contributed by atoms with Gasteiger partial charge in [-0.1, -0.05) is 44.2 Å². The second kappa shape index (κ2) is 12.4. The Labute approximate surface area is 217 Å². The quantitative estimate of drug-likeness (QED) is 0.471. The molecule has 0 saturated carbocycles. The van der Waals surface area contributed by atoms with Crippen molar-refractivity contribution in [3.63, 3.8) is 0 Å². The third-order valence-corrected chi connectivity index (χ3v) is 6.50. The lowest BCUT2D eigenvalue weighted by molar-refractivity contribution is -0.155. The number of aliphatic carboxylic acids is 1. The summed E-state index contributed by atoms with van der Waals surface area (Å²) < 4.78 is 0. The van der Waals surface area contributed by atoms with Gasteiger partial charge < -0.3 is 25.5 Å². The molecule has 0 spiro atoms. The van der Waals surface area contributed by atoms with Crippen LogP contribution in [0.1, 0.15) is 44.7 Å². The van der Waals surface area contributed by atoms with Crippen LogP contribution in [0, 0.1) is 12.8 Å². The van der Waals surface area contributed by atoms with Crippen molar-refractivity contribution in [3.8, 4) is 0 Å². The molecule has 3 N–H and O–H groups in total. The van der Waals surface area contributed by atoms with Crippen molar-refractivity contribution in [2.45, 2.75) is 59.0 Å². The molecule has 1 heterocycles. The normalized spacial score (nSPS) is 16.5. The predicted octanol–water partition coefficient (Wildman–Crippen LogP) is 4.13. The SMILES string of the molecule is Cc1ccccc1NC(=O)Nc1ccc(CC(=O)N2CCN(C(C)CC(=O)O)C(=O)[C@@H]2CC(C)C)cc1. The molecule has 2 aromatic carbocycles. The number of rotatable bonds is 9. The Balaban J connectivity index is 1.62. The number of para-hydroxylation sites is 1. The van der Waals surface area contributed by atoms with Gasteiger partial charge >= 0.3 is 12.0 Å². The third kappa shape index (κ3) is 7.55. The topological polar surface area (TPSA) is 119 Å². The molecule has 1 aliphatic heterocycles. The van der Waals surface area contributed by atoms with Gasteiger partial charge in [0.2, 0.25) is 11.8 Å². The minimum Gasteiger partial charge on any atom is -0.481 e. The monoisotopic (exact) mass is 508 g/mol. The molecule has 3 rings (SSSR count). The first kappa shape index (κ1) is 27.7. The minimum atomic E-state index is -0.954. The Morgan fingerprint density at radius 1 is 1.00 bits per heavy atom. The van der Waals surface area contributed by atoms with Crippen LogP contribution in [0.2, 0.25) is 0 Å². The first-order valence-electron chi connectivity index (χ1n) is 12.6. The van der Waals surface area contributed by atoms with Crippen molar-refractivity contribution in [1.29, 1.82) is 0 Å². The van der Waals surface area contributed by atoms with E-state index in [1.54, 1.807) is 41.0 Å². The van der Waals surface area contributed by atoms with Crippen LogP contribution in [0.5, 0.6) is 0 Å². The van der Waals surface area contributed by atoms with Crippen LogP contribution in [0.15, 0.2) is 48.5 Å². The maximum atomic E-state index is 13.2. The zero-order valence-electron chi connectivity index (χ0n) is 21.9. The summed E-state index contributed by atoms with van der Waals surface area (Å²) >= 11 is 0. The fourth-order valence-corrected chi connectivity index (χ4v) is 4.56. The van der Waals surface area contributed by atoms with E-state index in [9.17, 15) is 19.2 Å². The van der Waals surface area contributed by atoms with E-state index in [1.165, 1.54) is 0 Å². The number of carboxylic acids is 1. The molecule has 0 bridgehead atoms. The number of carboxylic acid groups (broad SMARTS) is 1.